The lowest BCUT2D eigenvalue weighted by atomic mass is 9.76. The summed E-state index contributed by atoms with van der Waals surface area (Å²) in [5, 5.41) is 15.9. The second-order valence-corrected chi connectivity index (χ2v) is 10.2. The zero-order chi connectivity index (χ0) is 26.6. The van der Waals surface area contributed by atoms with E-state index in [1.165, 1.54) is 11.3 Å². The van der Waals surface area contributed by atoms with Crippen LogP contribution in [-0.2, 0) is 4.79 Å². The highest BCUT2D eigenvalue weighted by molar-refractivity contribution is 7.80. The highest BCUT2D eigenvalue weighted by atomic mass is 32.1. The molecule has 0 saturated carbocycles. The molecule has 0 aliphatic carbocycles. The molecular formula is C25H29N7O3S2. The van der Waals surface area contributed by atoms with Crippen LogP contribution < -0.4 is 16.4 Å². The maximum Gasteiger partial charge on any atom is 0.321 e. The largest absolute Gasteiger partial charge is 0.481 e. The van der Waals surface area contributed by atoms with Gasteiger partial charge in [0.2, 0.25) is 0 Å². The predicted molar refractivity (Wildman–Crippen MR) is 150 cm³/mol. The van der Waals surface area contributed by atoms with Gasteiger partial charge in [-0.15, -0.1) is 0 Å². The molecule has 1 aliphatic heterocycles. The molecule has 0 spiro atoms. The second kappa shape index (κ2) is 11.2. The Hall–Kier alpha value is -3.64. The van der Waals surface area contributed by atoms with Gasteiger partial charge < -0.3 is 21.1 Å². The Labute approximate surface area is 224 Å². The summed E-state index contributed by atoms with van der Waals surface area (Å²) >= 11 is 6.90. The van der Waals surface area contributed by atoms with E-state index in [0.29, 0.717) is 60.2 Å². The van der Waals surface area contributed by atoms with Gasteiger partial charge in [0.25, 0.3) is 0 Å². The number of amides is 2. The van der Waals surface area contributed by atoms with Crippen molar-refractivity contribution in [2.75, 3.05) is 25.0 Å². The van der Waals surface area contributed by atoms with E-state index in [2.05, 4.69) is 25.6 Å². The number of nitrogens with two attached hydrogens (primary N) is 1. The number of aliphatic imine (C=N–C) groups is 1. The van der Waals surface area contributed by atoms with Gasteiger partial charge in [0, 0.05) is 37.0 Å². The number of pyridine rings is 1. The molecule has 0 bridgehead atoms. The van der Waals surface area contributed by atoms with Gasteiger partial charge in [-0.3, -0.25) is 15.1 Å². The number of carboxylic acid groups (broad SMARTS) is 1. The smallest absolute Gasteiger partial charge is 0.321 e. The molecule has 12 heteroatoms. The average Bonchev–Trinajstić information content (AvgIpc) is 3.30. The van der Waals surface area contributed by atoms with Gasteiger partial charge in [0.15, 0.2) is 10.2 Å². The van der Waals surface area contributed by atoms with E-state index in [0.717, 1.165) is 16.0 Å². The Kier molecular flexibility index (Phi) is 7.98. The number of piperidine rings is 1. The van der Waals surface area contributed by atoms with Crippen LogP contribution in [0.5, 0.6) is 0 Å². The van der Waals surface area contributed by atoms with Crippen molar-refractivity contribution in [3.8, 4) is 11.3 Å². The van der Waals surface area contributed by atoms with Gasteiger partial charge in [0.05, 0.1) is 21.3 Å². The minimum atomic E-state index is -0.761. The standard InChI is InChI=1S/C25H29N7O3S2/c1-3-25(21(33)34)8-11-32(12-9-25)24(36)30-20(26)15-13-16(17-7-5-6-10-28-17)19-18(14-15)29-23(37-19)31-22(35)27-4-2/h5-7,10,13-14H,3-4,8-9,11-12H2,1-2H3,(H,33,34)(H2,26,30,36)(H2,27,29,31,35). The quantitative estimate of drug-likeness (QED) is 0.208. The molecule has 4 rings (SSSR count). The number of carbonyl (C=O) groups excluding carboxylic acids is 1. The summed E-state index contributed by atoms with van der Waals surface area (Å²) in [6.07, 6.45) is 3.29. The zero-order valence-corrected chi connectivity index (χ0v) is 22.3. The lowest BCUT2D eigenvalue weighted by Gasteiger charge is -2.38. The number of carboxylic acids is 1. The third-order valence-electron chi connectivity index (χ3n) is 6.62. The predicted octanol–water partition coefficient (Wildman–Crippen LogP) is 4.07. The van der Waals surface area contributed by atoms with E-state index in [-0.39, 0.29) is 11.9 Å². The molecule has 3 aromatic rings. The van der Waals surface area contributed by atoms with Crippen LogP contribution in [0.25, 0.3) is 21.5 Å². The Balaban J connectivity index is 1.64. The molecule has 1 saturated heterocycles. The van der Waals surface area contributed by atoms with Gasteiger partial charge in [0.1, 0.15) is 5.84 Å². The number of aliphatic carboxylic acids is 1. The van der Waals surface area contributed by atoms with Crippen molar-refractivity contribution < 1.29 is 14.7 Å². The molecule has 1 fully saturated rings. The number of hydrogen-bond donors (Lipinski definition) is 4. The minimum Gasteiger partial charge on any atom is -0.481 e. The van der Waals surface area contributed by atoms with Gasteiger partial charge in [-0.05, 0) is 62.7 Å². The van der Waals surface area contributed by atoms with E-state index in [9.17, 15) is 14.7 Å². The topological polar surface area (TPSA) is 146 Å². The molecule has 0 atom stereocenters. The fraction of sp³-hybridized carbons (Fsp3) is 0.360. The summed E-state index contributed by atoms with van der Waals surface area (Å²) in [7, 11) is 0. The number of thiazole rings is 1. The van der Waals surface area contributed by atoms with Crippen LogP contribution in [0.3, 0.4) is 0 Å². The first kappa shape index (κ1) is 26.4. The number of nitrogens with one attached hydrogen (secondary N) is 2. The maximum absolute atomic E-state index is 12.0. The van der Waals surface area contributed by atoms with Gasteiger partial charge in [-0.2, -0.15) is 0 Å². The number of rotatable bonds is 6. The molecule has 37 heavy (non-hydrogen) atoms. The SMILES string of the molecule is CCNC(=O)Nc1nc2cc(C(N)=NC(=S)N3CCC(CC)(C(=O)O)CC3)cc(-c3ccccn3)c2s1. The molecule has 0 unspecified atom stereocenters. The second-order valence-electron chi connectivity index (χ2n) is 8.80. The molecule has 1 aromatic carbocycles. The summed E-state index contributed by atoms with van der Waals surface area (Å²) in [4.78, 5) is 39.2. The number of hydrogen-bond acceptors (Lipinski definition) is 6. The van der Waals surface area contributed by atoms with Crippen molar-refractivity contribution in [3.05, 3.63) is 42.1 Å². The molecule has 2 aromatic heterocycles. The number of anilines is 1. The van der Waals surface area contributed by atoms with Crippen molar-refractivity contribution in [3.63, 3.8) is 0 Å². The van der Waals surface area contributed by atoms with E-state index in [1.807, 2.05) is 49.1 Å². The number of carbonyl (C=O) groups is 2. The lowest BCUT2D eigenvalue weighted by molar-refractivity contribution is -0.151. The van der Waals surface area contributed by atoms with Crippen molar-refractivity contribution in [1.29, 1.82) is 0 Å². The number of fused-ring (bicyclic) bond motifs is 1. The Morgan fingerprint density at radius 3 is 2.65 bits per heavy atom. The van der Waals surface area contributed by atoms with E-state index >= 15 is 0 Å². The molecule has 3 heterocycles. The highest BCUT2D eigenvalue weighted by Crippen LogP contribution is 2.37. The van der Waals surface area contributed by atoms with Crippen LogP contribution >= 0.6 is 23.6 Å². The van der Waals surface area contributed by atoms with Crippen molar-refractivity contribution in [2.45, 2.75) is 33.1 Å². The summed E-state index contributed by atoms with van der Waals surface area (Å²) in [5.41, 5.74) is 8.51. The number of likely N-dealkylation sites (tertiary alicyclic amines) is 1. The lowest BCUT2D eigenvalue weighted by Crippen LogP contribution is -2.45. The summed E-state index contributed by atoms with van der Waals surface area (Å²) < 4.78 is 0.852. The molecule has 1 aliphatic rings. The molecule has 10 nitrogen and oxygen atoms in total. The van der Waals surface area contributed by atoms with Crippen LogP contribution in [0.1, 0.15) is 38.7 Å². The molecule has 5 N–H and O–H groups in total. The summed E-state index contributed by atoms with van der Waals surface area (Å²) in [6, 6.07) is 9.00. The minimum absolute atomic E-state index is 0.223. The van der Waals surface area contributed by atoms with E-state index in [4.69, 9.17) is 18.0 Å². The number of benzene rings is 1. The average molecular weight is 540 g/mol. The summed E-state index contributed by atoms with van der Waals surface area (Å²) in [5.74, 6) is -0.538. The van der Waals surface area contributed by atoms with Gasteiger partial charge >= 0.3 is 12.0 Å². The third kappa shape index (κ3) is 5.70. The fourth-order valence-electron chi connectivity index (χ4n) is 4.33. The van der Waals surface area contributed by atoms with Crippen LogP contribution in [0, 0.1) is 5.41 Å². The number of aromatic nitrogens is 2. The van der Waals surface area contributed by atoms with Crippen molar-refractivity contribution >= 4 is 61.9 Å². The molecule has 194 valence electrons. The van der Waals surface area contributed by atoms with E-state index in [1.54, 1.807) is 6.20 Å². The molecular weight excluding hydrogens is 510 g/mol. The zero-order valence-electron chi connectivity index (χ0n) is 20.7. The maximum atomic E-state index is 12.0. The Morgan fingerprint density at radius 2 is 2.03 bits per heavy atom. The van der Waals surface area contributed by atoms with Gasteiger partial charge in [-0.1, -0.05) is 24.3 Å². The number of urea groups is 1. The van der Waals surface area contributed by atoms with E-state index < -0.39 is 11.4 Å². The monoisotopic (exact) mass is 539 g/mol. The molecule has 0 radical (unpaired) electrons. The number of thiocarbonyl (C=S) groups is 1. The first-order valence-electron chi connectivity index (χ1n) is 12.0. The Bertz CT molecular complexity index is 1350. The van der Waals surface area contributed by atoms with Crippen molar-refractivity contribution in [1.82, 2.24) is 20.2 Å². The third-order valence-corrected chi connectivity index (χ3v) is 7.99. The summed E-state index contributed by atoms with van der Waals surface area (Å²) in [6.45, 7) is 5.26. The number of nitrogens with zero attached hydrogens (tertiary/aromatic N) is 4. The van der Waals surface area contributed by atoms with Crippen molar-refractivity contribution in [2.24, 2.45) is 16.1 Å². The first-order valence-corrected chi connectivity index (χ1v) is 13.3. The normalized spacial score (nSPS) is 15.4. The first-order chi connectivity index (χ1) is 17.8. The van der Waals surface area contributed by atoms with Crippen LogP contribution in [0.4, 0.5) is 9.93 Å². The van der Waals surface area contributed by atoms with Crippen LogP contribution in [0.2, 0.25) is 0 Å². The fourth-order valence-corrected chi connectivity index (χ4v) is 5.58. The molecule has 2 amide bonds. The van der Waals surface area contributed by atoms with Crippen LogP contribution in [0.15, 0.2) is 41.5 Å². The highest BCUT2D eigenvalue weighted by Gasteiger charge is 2.40. The van der Waals surface area contributed by atoms with Crippen LogP contribution in [-0.4, -0.2) is 62.6 Å². The Morgan fingerprint density at radius 1 is 1.27 bits per heavy atom. The number of amidine groups is 1. The van der Waals surface area contributed by atoms with Gasteiger partial charge in [-0.25, -0.2) is 14.8 Å².